The van der Waals surface area contributed by atoms with Crippen LogP contribution in [0.2, 0.25) is 0 Å². The van der Waals surface area contributed by atoms with Crippen LogP contribution >= 0.6 is 31.9 Å². The average Bonchev–Trinajstić information content (AvgIpc) is 2.49. The highest BCUT2D eigenvalue weighted by atomic mass is 79.9. The van der Waals surface area contributed by atoms with E-state index in [9.17, 15) is 4.79 Å². The highest BCUT2D eigenvalue weighted by Gasteiger charge is 2.13. The molecule has 2 aromatic rings. The molecule has 0 saturated carbocycles. The van der Waals surface area contributed by atoms with Crippen LogP contribution in [0.4, 0.5) is 0 Å². The fourth-order valence-electron chi connectivity index (χ4n) is 1.79. The van der Waals surface area contributed by atoms with E-state index in [1.54, 1.807) is 31.4 Å². The van der Waals surface area contributed by atoms with Gasteiger partial charge < -0.3 is 9.47 Å². The van der Waals surface area contributed by atoms with Gasteiger partial charge in [0.25, 0.3) is 0 Å². The van der Waals surface area contributed by atoms with Crippen LogP contribution < -0.4 is 4.74 Å². The first kappa shape index (κ1) is 16.2. The third-order valence-corrected chi connectivity index (χ3v) is 4.17. The van der Waals surface area contributed by atoms with Gasteiger partial charge in [0.05, 0.1) is 11.1 Å². The molecule has 0 atom stereocenters. The number of carbonyl (C=O) groups excluding carboxylic acids is 1. The Hall–Kier alpha value is -1.17. The molecule has 0 aliphatic carbocycles. The molecule has 21 heavy (non-hydrogen) atoms. The number of ketones is 1. The molecule has 0 aromatic heterocycles. The van der Waals surface area contributed by atoms with Crippen molar-refractivity contribution in [2.75, 3.05) is 20.3 Å². The first-order chi connectivity index (χ1) is 10.1. The van der Waals surface area contributed by atoms with E-state index in [2.05, 4.69) is 31.9 Å². The SMILES string of the molecule is COCCOc1ccc(C(=O)c2ccccc2Br)cc1Br. The maximum atomic E-state index is 12.5. The van der Waals surface area contributed by atoms with E-state index in [1.165, 1.54) is 0 Å². The average molecular weight is 414 g/mol. The topological polar surface area (TPSA) is 35.5 Å². The Morgan fingerprint density at radius 3 is 2.48 bits per heavy atom. The molecule has 0 saturated heterocycles. The Balaban J connectivity index is 2.20. The summed E-state index contributed by atoms with van der Waals surface area (Å²) in [6.07, 6.45) is 0. The predicted molar refractivity (Wildman–Crippen MR) is 89.1 cm³/mol. The van der Waals surface area contributed by atoms with Crippen molar-refractivity contribution in [3.8, 4) is 5.75 Å². The van der Waals surface area contributed by atoms with Crippen molar-refractivity contribution < 1.29 is 14.3 Å². The highest BCUT2D eigenvalue weighted by Crippen LogP contribution is 2.28. The summed E-state index contributed by atoms with van der Waals surface area (Å²) in [4.78, 5) is 12.5. The van der Waals surface area contributed by atoms with Crippen LogP contribution in [-0.2, 0) is 4.74 Å². The Morgan fingerprint density at radius 2 is 1.81 bits per heavy atom. The van der Waals surface area contributed by atoms with Crippen LogP contribution in [0.5, 0.6) is 5.75 Å². The zero-order chi connectivity index (χ0) is 15.2. The van der Waals surface area contributed by atoms with Crippen molar-refractivity contribution in [2.24, 2.45) is 0 Å². The Kier molecular flexibility index (Phi) is 5.96. The van der Waals surface area contributed by atoms with Crippen LogP contribution in [0.1, 0.15) is 15.9 Å². The first-order valence-electron chi connectivity index (χ1n) is 6.34. The molecule has 0 amide bonds. The Bertz CT molecular complexity index is 641. The number of hydrogen-bond acceptors (Lipinski definition) is 3. The van der Waals surface area contributed by atoms with Crippen LogP contribution in [0.15, 0.2) is 51.4 Å². The minimum atomic E-state index is -0.0355. The normalized spacial score (nSPS) is 10.4. The van der Waals surface area contributed by atoms with E-state index in [0.717, 1.165) is 8.95 Å². The second kappa shape index (κ2) is 7.73. The first-order valence-corrected chi connectivity index (χ1v) is 7.92. The minimum absolute atomic E-state index is 0.0355. The zero-order valence-corrected chi connectivity index (χ0v) is 14.6. The molecule has 0 radical (unpaired) electrons. The third kappa shape index (κ3) is 4.15. The van der Waals surface area contributed by atoms with E-state index in [4.69, 9.17) is 9.47 Å². The number of ether oxygens (including phenoxy) is 2. The summed E-state index contributed by atoms with van der Waals surface area (Å²) in [5.74, 6) is 0.655. The molecule has 0 N–H and O–H groups in total. The maximum Gasteiger partial charge on any atom is 0.194 e. The van der Waals surface area contributed by atoms with Gasteiger partial charge in [-0.3, -0.25) is 4.79 Å². The van der Waals surface area contributed by atoms with Crippen molar-refractivity contribution in [2.45, 2.75) is 0 Å². The smallest absolute Gasteiger partial charge is 0.194 e. The Labute approximate surface area is 140 Å². The number of carbonyl (C=O) groups is 1. The minimum Gasteiger partial charge on any atom is -0.490 e. The summed E-state index contributed by atoms with van der Waals surface area (Å²) < 4.78 is 12.0. The molecule has 3 nitrogen and oxygen atoms in total. The molecular formula is C16H14Br2O3. The molecule has 110 valence electrons. The number of methoxy groups -OCH3 is 1. The van der Waals surface area contributed by atoms with Gasteiger partial charge in [0.1, 0.15) is 12.4 Å². The number of benzene rings is 2. The molecular weight excluding hydrogens is 400 g/mol. The van der Waals surface area contributed by atoms with E-state index in [0.29, 0.717) is 30.1 Å². The number of rotatable bonds is 6. The van der Waals surface area contributed by atoms with Gasteiger partial charge in [0.2, 0.25) is 0 Å². The lowest BCUT2D eigenvalue weighted by atomic mass is 10.0. The van der Waals surface area contributed by atoms with Crippen molar-refractivity contribution in [1.29, 1.82) is 0 Å². The van der Waals surface area contributed by atoms with E-state index in [1.807, 2.05) is 18.2 Å². The maximum absolute atomic E-state index is 12.5. The van der Waals surface area contributed by atoms with Gasteiger partial charge in [0.15, 0.2) is 5.78 Å². The molecule has 0 aliphatic heterocycles. The molecule has 0 heterocycles. The van der Waals surface area contributed by atoms with E-state index < -0.39 is 0 Å². The lowest BCUT2D eigenvalue weighted by Gasteiger charge is -2.09. The van der Waals surface area contributed by atoms with Gasteiger partial charge in [-0.25, -0.2) is 0 Å². The summed E-state index contributed by atoms with van der Waals surface area (Å²) in [7, 11) is 1.62. The lowest BCUT2D eigenvalue weighted by Crippen LogP contribution is -2.06. The Morgan fingerprint density at radius 1 is 1.05 bits per heavy atom. The monoisotopic (exact) mass is 412 g/mol. The summed E-state index contributed by atoms with van der Waals surface area (Å²) in [6, 6.07) is 12.7. The van der Waals surface area contributed by atoms with Crippen LogP contribution in [0, 0.1) is 0 Å². The van der Waals surface area contributed by atoms with Gasteiger partial charge in [-0.05, 0) is 46.3 Å². The molecule has 0 fully saturated rings. The summed E-state index contributed by atoms with van der Waals surface area (Å²) >= 11 is 6.83. The quantitative estimate of drug-likeness (QED) is 0.517. The molecule has 2 aromatic carbocycles. The molecule has 0 spiro atoms. The van der Waals surface area contributed by atoms with Crippen LogP contribution in [0.25, 0.3) is 0 Å². The fraction of sp³-hybridized carbons (Fsp3) is 0.188. The lowest BCUT2D eigenvalue weighted by molar-refractivity contribution is 0.103. The van der Waals surface area contributed by atoms with Crippen molar-refractivity contribution in [3.05, 3.63) is 62.5 Å². The van der Waals surface area contributed by atoms with Crippen molar-refractivity contribution >= 4 is 37.6 Å². The molecule has 0 bridgehead atoms. The third-order valence-electron chi connectivity index (χ3n) is 2.86. The van der Waals surface area contributed by atoms with Gasteiger partial charge in [0, 0.05) is 22.7 Å². The summed E-state index contributed by atoms with van der Waals surface area (Å²) in [5, 5.41) is 0. The highest BCUT2D eigenvalue weighted by molar-refractivity contribution is 9.10. The molecule has 5 heteroatoms. The van der Waals surface area contributed by atoms with Gasteiger partial charge in [-0.15, -0.1) is 0 Å². The number of halogens is 2. The summed E-state index contributed by atoms with van der Waals surface area (Å²) in [6.45, 7) is 0.983. The molecule has 2 rings (SSSR count). The standard InChI is InChI=1S/C16H14Br2O3/c1-20-8-9-21-15-7-6-11(10-14(15)18)16(19)12-4-2-3-5-13(12)17/h2-7,10H,8-9H2,1H3. The molecule has 0 unspecified atom stereocenters. The molecule has 0 aliphatic rings. The van der Waals surface area contributed by atoms with Crippen molar-refractivity contribution in [3.63, 3.8) is 0 Å². The van der Waals surface area contributed by atoms with Crippen LogP contribution in [0.3, 0.4) is 0 Å². The van der Waals surface area contributed by atoms with Gasteiger partial charge in [-0.2, -0.15) is 0 Å². The van der Waals surface area contributed by atoms with Gasteiger partial charge in [-0.1, -0.05) is 28.1 Å². The van der Waals surface area contributed by atoms with Crippen molar-refractivity contribution in [1.82, 2.24) is 0 Å². The fourth-order valence-corrected chi connectivity index (χ4v) is 2.75. The van der Waals surface area contributed by atoms with E-state index >= 15 is 0 Å². The van der Waals surface area contributed by atoms with Gasteiger partial charge >= 0.3 is 0 Å². The second-order valence-electron chi connectivity index (χ2n) is 4.30. The largest absolute Gasteiger partial charge is 0.490 e. The predicted octanol–water partition coefficient (Wildman–Crippen LogP) is 4.47. The zero-order valence-electron chi connectivity index (χ0n) is 11.4. The van der Waals surface area contributed by atoms with E-state index in [-0.39, 0.29) is 5.78 Å². The second-order valence-corrected chi connectivity index (χ2v) is 6.00. The van der Waals surface area contributed by atoms with Crippen LogP contribution in [-0.4, -0.2) is 26.1 Å². The summed E-state index contributed by atoms with van der Waals surface area (Å²) in [5.41, 5.74) is 1.24. The number of hydrogen-bond donors (Lipinski definition) is 0.